The minimum absolute atomic E-state index is 0.0187. The van der Waals surface area contributed by atoms with Crippen LogP contribution in [-0.2, 0) is 12.8 Å². The molecule has 3 N–H and O–H groups in total. The van der Waals surface area contributed by atoms with Crippen molar-refractivity contribution in [3.63, 3.8) is 0 Å². The second-order valence-electron chi connectivity index (χ2n) is 5.44. The number of benzene rings is 2. The number of nitrogens with one attached hydrogen (secondary N) is 1. The van der Waals surface area contributed by atoms with Crippen molar-refractivity contribution in [2.24, 2.45) is 15.3 Å². The first-order chi connectivity index (χ1) is 13.1. The predicted molar refractivity (Wildman–Crippen MR) is 105 cm³/mol. The van der Waals surface area contributed by atoms with Gasteiger partial charge < -0.3 is 10.2 Å². The number of hydrazone groups is 1. The van der Waals surface area contributed by atoms with Gasteiger partial charge in [0, 0.05) is 0 Å². The lowest BCUT2D eigenvalue weighted by molar-refractivity contribution is 0.471. The number of azo groups is 1. The lowest BCUT2D eigenvalue weighted by atomic mass is 10.1. The molecule has 7 heteroatoms. The lowest BCUT2D eigenvalue weighted by Gasteiger charge is -2.07. The maximum atomic E-state index is 10.2. The quantitative estimate of drug-likeness (QED) is 0.167. The molecule has 0 heterocycles. The predicted octanol–water partition coefficient (Wildman–Crippen LogP) is 4.59. The summed E-state index contributed by atoms with van der Waals surface area (Å²) in [6.45, 7) is 7.27. The smallest absolute Gasteiger partial charge is 0.270 e. The van der Waals surface area contributed by atoms with Crippen molar-refractivity contribution in [3.05, 3.63) is 72.8 Å². The maximum absolute atomic E-state index is 10.2. The molecule has 0 amide bonds. The summed E-state index contributed by atoms with van der Waals surface area (Å²) in [7, 11) is 0. The number of amidine groups is 1. The molecule has 0 radical (unpaired) electrons. The first-order valence-corrected chi connectivity index (χ1v) is 8.09. The number of phenolic OH excluding ortho intramolecular Hbond substituents is 2. The first-order valence-electron chi connectivity index (χ1n) is 8.09. The van der Waals surface area contributed by atoms with Crippen molar-refractivity contribution < 1.29 is 10.2 Å². The third-order valence-electron chi connectivity index (χ3n) is 3.58. The van der Waals surface area contributed by atoms with Crippen LogP contribution in [-0.4, -0.2) is 16.0 Å². The van der Waals surface area contributed by atoms with Gasteiger partial charge in [0.25, 0.3) is 5.84 Å². The van der Waals surface area contributed by atoms with E-state index in [0.717, 1.165) is 0 Å². The number of nitrogens with zero attached hydrogens (tertiary/aromatic N) is 4. The molecule has 0 unspecified atom stereocenters. The SMILES string of the molecule is C=CCc1cccc(N=N/C(C#N)=N/Nc2cccc(CC=C)c2O)c1O. The topological polar surface area (TPSA) is 113 Å². The van der Waals surface area contributed by atoms with Crippen LogP contribution >= 0.6 is 0 Å². The van der Waals surface area contributed by atoms with Gasteiger partial charge in [-0.05, 0) is 36.1 Å². The van der Waals surface area contributed by atoms with E-state index in [9.17, 15) is 15.5 Å². The summed E-state index contributed by atoms with van der Waals surface area (Å²) in [5, 5.41) is 41.0. The number of aromatic hydroxyl groups is 2. The third kappa shape index (κ3) is 5.03. The molecule has 0 aliphatic carbocycles. The Labute approximate surface area is 157 Å². The van der Waals surface area contributed by atoms with Gasteiger partial charge in [-0.3, -0.25) is 5.43 Å². The maximum Gasteiger partial charge on any atom is 0.270 e. The van der Waals surface area contributed by atoms with Crippen LogP contribution in [0.3, 0.4) is 0 Å². The Morgan fingerprint density at radius 3 is 2.30 bits per heavy atom. The average molecular weight is 361 g/mol. The Morgan fingerprint density at radius 2 is 1.67 bits per heavy atom. The molecule has 0 saturated heterocycles. The van der Waals surface area contributed by atoms with E-state index < -0.39 is 0 Å². The van der Waals surface area contributed by atoms with Gasteiger partial charge in [-0.1, -0.05) is 36.4 Å². The summed E-state index contributed by atoms with van der Waals surface area (Å²) >= 11 is 0. The number of anilines is 1. The molecule has 2 aromatic rings. The van der Waals surface area contributed by atoms with E-state index in [1.807, 2.05) is 0 Å². The first kappa shape index (κ1) is 19.4. The summed E-state index contributed by atoms with van der Waals surface area (Å²) in [6, 6.07) is 11.9. The van der Waals surface area contributed by atoms with E-state index in [1.54, 1.807) is 54.6 Å². The highest BCUT2D eigenvalue weighted by Gasteiger charge is 2.07. The molecule has 136 valence electrons. The van der Waals surface area contributed by atoms with Crippen LogP contribution in [0, 0.1) is 11.3 Å². The Morgan fingerprint density at radius 1 is 1.04 bits per heavy atom. The van der Waals surface area contributed by atoms with E-state index in [4.69, 9.17) is 0 Å². The average Bonchev–Trinajstić information content (AvgIpc) is 2.67. The van der Waals surface area contributed by atoms with Crippen LogP contribution in [0.4, 0.5) is 11.4 Å². The fraction of sp³-hybridized carbons (Fsp3) is 0.100. The molecule has 0 atom stereocenters. The Hall–Kier alpha value is -3.92. The number of allylic oxidation sites excluding steroid dienone is 2. The fourth-order valence-corrected chi connectivity index (χ4v) is 2.26. The molecular weight excluding hydrogens is 342 g/mol. The highest BCUT2D eigenvalue weighted by Crippen LogP contribution is 2.31. The number of nitriles is 1. The van der Waals surface area contributed by atoms with Crippen molar-refractivity contribution in [1.82, 2.24) is 0 Å². The molecule has 0 aromatic heterocycles. The van der Waals surface area contributed by atoms with Crippen LogP contribution in [0.5, 0.6) is 11.5 Å². The lowest BCUT2D eigenvalue weighted by Crippen LogP contribution is -1.97. The van der Waals surface area contributed by atoms with Gasteiger partial charge in [-0.15, -0.1) is 28.5 Å². The van der Waals surface area contributed by atoms with Crippen molar-refractivity contribution in [2.75, 3.05) is 5.43 Å². The summed E-state index contributed by atoms with van der Waals surface area (Å²) in [5.41, 5.74) is 4.47. The number of rotatable bonds is 7. The summed E-state index contributed by atoms with van der Waals surface area (Å²) in [6.07, 6.45) is 4.31. The monoisotopic (exact) mass is 361 g/mol. The van der Waals surface area contributed by atoms with Crippen LogP contribution < -0.4 is 5.43 Å². The Balaban J connectivity index is 2.21. The standard InChI is InChI=1S/C20H19N5O2/c1-3-7-14-9-5-11-16(19(14)26)22-24-18(13-21)25-23-17-12-6-10-15(8-4-2)20(17)27/h3-6,9-12,22,26-27H,1-2,7-8H2/b24-18+,25-23?. The molecule has 27 heavy (non-hydrogen) atoms. The molecule has 2 rings (SSSR count). The molecule has 0 aliphatic heterocycles. The zero-order valence-corrected chi connectivity index (χ0v) is 14.6. The Bertz CT molecular complexity index is 942. The second-order valence-corrected chi connectivity index (χ2v) is 5.44. The zero-order valence-electron chi connectivity index (χ0n) is 14.6. The second kappa shape index (κ2) is 9.53. The summed E-state index contributed by atoms with van der Waals surface area (Å²) < 4.78 is 0. The van der Waals surface area contributed by atoms with E-state index in [0.29, 0.717) is 29.7 Å². The van der Waals surface area contributed by atoms with Gasteiger partial charge in [0.15, 0.2) is 0 Å². The minimum Gasteiger partial charge on any atom is -0.505 e. The zero-order chi connectivity index (χ0) is 19.6. The molecule has 7 nitrogen and oxygen atoms in total. The van der Waals surface area contributed by atoms with Crippen molar-refractivity contribution >= 4 is 17.2 Å². The van der Waals surface area contributed by atoms with Crippen molar-refractivity contribution in [2.45, 2.75) is 12.8 Å². The van der Waals surface area contributed by atoms with Crippen molar-refractivity contribution in [3.8, 4) is 17.6 Å². The van der Waals surface area contributed by atoms with E-state index in [2.05, 4.69) is 33.9 Å². The van der Waals surface area contributed by atoms with E-state index in [-0.39, 0.29) is 23.0 Å². The molecule has 0 saturated carbocycles. The molecule has 0 fully saturated rings. The molecule has 0 spiro atoms. The number of phenols is 2. The van der Waals surface area contributed by atoms with Crippen LogP contribution in [0.25, 0.3) is 0 Å². The van der Waals surface area contributed by atoms with Crippen LogP contribution in [0.2, 0.25) is 0 Å². The normalized spacial score (nSPS) is 11.1. The Kier molecular flexibility index (Phi) is 6.85. The number of hydrogen-bond acceptors (Lipinski definition) is 6. The summed E-state index contributed by atoms with van der Waals surface area (Å²) in [5.74, 6) is -0.275. The molecule has 0 bridgehead atoms. The number of para-hydroxylation sites is 2. The third-order valence-corrected chi connectivity index (χ3v) is 3.58. The fourth-order valence-electron chi connectivity index (χ4n) is 2.26. The largest absolute Gasteiger partial charge is 0.505 e. The van der Waals surface area contributed by atoms with Crippen LogP contribution in [0.1, 0.15) is 11.1 Å². The van der Waals surface area contributed by atoms with Crippen molar-refractivity contribution in [1.29, 1.82) is 5.26 Å². The van der Waals surface area contributed by atoms with Gasteiger partial charge in [-0.2, -0.15) is 5.26 Å². The minimum atomic E-state index is -0.267. The molecule has 2 aromatic carbocycles. The van der Waals surface area contributed by atoms with Gasteiger partial charge in [0.2, 0.25) is 0 Å². The van der Waals surface area contributed by atoms with Gasteiger partial charge in [0.1, 0.15) is 23.3 Å². The van der Waals surface area contributed by atoms with Gasteiger partial charge >= 0.3 is 0 Å². The molecule has 0 aliphatic rings. The van der Waals surface area contributed by atoms with Gasteiger partial charge in [-0.25, -0.2) is 0 Å². The number of hydrogen-bond donors (Lipinski definition) is 3. The van der Waals surface area contributed by atoms with Gasteiger partial charge in [0.05, 0.1) is 5.69 Å². The van der Waals surface area contributed by atoms with E-state index in [1.165, 1.54) is 0 Å². The summed E-state index contributed by atoms with van der Waals surface area (Å²) in [4.78, 5) is 0. The van der Waals surface area contributed by atoms with Crippen LogP contribution in [0.15, 0.2) is 77.0 Å². The highest BCUT2D eigenvalue weighted by molar-refractivity contribution is 5.97. The highest BCUT2D eigenvalue weighted by atomic mass is 16.3. The molecular formula is C20H19N5O2. The van der Waals surface area contributed by atoms with E-state index >= 15 is 0 Å².